The summed E-state index contributed by atoms with van der Waals surface area (Å²) in [4.78, 5) is 6.29. The molecule has 0 aliphatic rings. The highest BCUT2D eigenvalue weighted by Crippen LogP contribution is 2.06. The van der Waals surface area contributed by atoms with Crippen molar-refractivity contribution in [2.45, 2.75) is 26.8 Å². The van der Waals surface area contributed by atoms with Gasteiger partial charge in [-0.05, 0) is 30.0 Å². The van der Waals surface area contributed by atoms with E-state index in [4.69, 9.17) is 0 Å². The first-order chi connectivity index (χ1) is 9.02. The van der Waals surface area contributed by atoms with Gasteiger partial charge in [-0.1, -0.05) is 26.0 Å². The minimum Gasteiger partial charge on any atom is -0.356 e. The SMILES string of the molecule is CN=C(NCCC(C)C)N(C)Cc1ccc(F)cc1. The Balaban J connectivity index is 2.49. The summed E-state index contributed by atoms with van der Waals surface area (Å²) in [6.45, 7) is 6.03. The van der Waals surface area contributed by atoms with Crippen LogP contribution in [-0.2, 0) is 6.54 Å². The summed E-state index contributed by atoms with van der Waals surface area (Å²) < 4.78 is 12.8. The first-order valence-electron chi connectivity index (χ1n) is 6.69. The monoisotopic (exact) mass is 265 g/mol. The van der Waals surface area contributed by atoms with Crippen LogP contribution < -0.4 is 5.32 Å². The molecule has 0 saturated carbocycles. The van der Waals surface area contributed by atoms with E-state index < -0.39 is 0 Å². The van der Waals surface area contributed by atoms with Crippen molar-refractivity contribution in [1.82, 2.24) is 10.2 Å². The van der Waals surface area contributed by atoms with Crippen molar-refractivity contribution in [2.75, 3.05) is 20.6 Å². The van der Waals surface area contributed by atoms with Crippen LogP contribution in [-0.4, -0.2) is 31.5 Å². The lowest BCUT2D eigenvalue weighted by atomic mass is 10.1. The van der Waals surface area contributed by atoms with E-state index in [1.807, 2.05) is 11.9 Å². The van der Waals surface area contributed by atoms with Gasteiger partial charge in [-0.2, -0.15) is 0 Å². The standard InChI is InChI=1S/C15H24FN3/c1-12(2)9-10-18-15(17-3)19(4)11-13-5-7-14(16)8-6-13/h5-8,12H,9-11H2,1-4H3,(H,17,18). The topological polar surface area (TPSA) is 27.6 Å². The summed E-state index contributed by atoms with van der Waals surface area (Å²) in [6, 6.07) is 6.57. The highest BCUT2D eigenvalue weighted by molar-refractivity contribution is 5.79. The van der Waals surface area contributed by atoms with E-state index >= 15 is 0 Å². The van der Waals surface area contributed by atoms with Crippen molar-refractivity contribution in [3.63, 3.8) is 0 Å². The Kier molecular flexibility index (Phi) is 6.33. The first kappa shape index (κ1) is 15.5. The van der Waals surface area contributed by atoms with E-state index in [9.17, 15) is 4.39 Å². The number of aliphatic imine (C=N–C) groups is 1. The fraction of sp³-hybridized carbons (Fsp3) is 0.533. The van der Waals surface area contributed by atoms with Crippen LogP contribution in [0.1, 0.15) is 25.8 Å². The van der Waals surface area contributed by atoms with Gasteiger partial charge in [0.05, 0.1) is 0 Å². The largest absolute Gasteiger partial charge is 0.356 e. The fourth-order valence-corrected chi connectivity index (χ4v) is 1.80. The molecule has 1 rings (SSSR count). The lowest BCUT2D eigenvalue weighted by Crippen LogP contribution is -2.39. The Hall–Kier alpha value is -1.58. The zero-order chi connectivity index (χ0) is 14.3. The normalized spacial score (nSPS) is 11.8. The first-order valence-corrected chi connectivity index (χ1v) is 6.69. The zero-order valence-corrected chi connectivity index (χ0v) is 12.3. The van der Waals surface area contributed by atoms with Gasteiger partial charge in [-0.25, -0.2) is 4.39 Å². The molecule has 106 valence electrons. The minimum atomic E-state index is -0.203. The van der Waals surface area contributed by atoms with Gasteiger partial charge in [0.2, 0.25) is 0 Å². The van der Waals surface area contributed by atoms with E-state index in [1.54, 1.807) is 19.2 Å². The summed E-state index contributed by atoms with van der Waals surface area (Å²) in [7, 11) is 3.76. The number of benzene rings is 1. The minimum absolute atomic E-state index is 0.203. The second-order valence-electron chi connectivity index (χ2n) is 5.14. The van der Waals surface area contributed by atoms with E-state index in [2.05, 4.69) is 24.2 Å². The smallest absolute Gasteiger partial charge is 0.193 e. The van der Waals surface area contributed by atoms with Gasteiger partial charge >= 0.3 is 0 Å². The van der Waals surface area contributed by atoms with Gasteiger partial charge in [-0.15, -0.1) is 0 Å². The highest BCUT2D eigenvalue weighted by atomic mass is 19.1. The second kappa shape index (κ2) is 7.77. The number of hydrogen-bond donors (Lipinski definition) is 1. The van der Waals surface area contributed by atoms with Crippen LogP contribution in [0.4, 0.5) is 4.39 Å². The van der Waals surface area contributed by atoms with Crippen molar-refractivity contribution >= 4 is 5.96 Å². The maximum atomic E-state index is 12.8. The molecule has 1 N–H and O–H groups in total. The third-order valence-electron chi connectivity index (χ3n) is 2.91. The molecule has 0 spiro atoms. The summed E-state index contributed by atoms with van der Waals surface area (Å²) >= 11 is 0. The Labute approximate surface area is 115 Å². The van der Waals surface area contributed by atoms with Crippen molar-refractivity contribution in [3.8, 4) is 0 Å². The van der Waals surface area contributed by atoms with Crippen LogP contribution in [0.3, 0.4) is 0 Å². The number of halogens is 1. The second-order valence-corrected chi connectivity index (χ2v) is 5.14. The Bertz CT molecular complexity index is 398. The molecular formula is C15H24FN3. The highest BCUT2D eigenvalue weighted by Gasteiger charge is 2.06. The Morgan fingerprint density at radius 2 is 1.95 bits per heavy atom. The molecule has 0 aliphatic heterocycles. The Morgan fingerprint density at radius 1 is 1.32 bits per heavy atom. The molecule has 1 aromatic rings. The molecule has 3 nitrogen and oxygen atoms in total. The zero-order valence-electron chi connectivity index (χ0n) is 12.3. The molecule has 0 atom stereocenters. The maximum absolute atomic E-state index is 12.8. The van der Waals surface area contributed by atoms with Gasteiger partial charge in [0.25, 0.3) is 0 Å². The molecule has 19 heavy (non-hydrogen) atoms. The number of guanidine groups is 1. The molecule has 4 heteroatoms. The summed E-state index contributed by atoms with van der Waals surface area (Å²) in [6.07, 6.45) is 1.11. The molecule has 0 bridgehead atoms. The average Bonchev–Trinajstić information content (AvgIpc) is 2.37. The third-order valence-corrected chi connectivity index (χ3v) is 2.91. The van der Waals surface area contributed by atoms with Crippen molar-refractivity contribution in [1.29, 1.82) is 0 Å². The number of nitrogens with zero attached hydrogens (tertiary/aromatic N) is 2. The van der Waals surface area contributed by atoms with Crippen LogP contribution in [0.5, 0.6) is 0 Å². The van der Waals surface area contributed by atoms with Gasteiger partial charge in [0, 0.05) is 27.2 Å². The number of hydrogen-bond acceptors (Lipinski definition) is 1. The molecule has 0 fully saturated rings. The molecule has 0 saturated heterocycles. The van der Waals surface area contributed by atoms with Crippen LogP contribution >= 0.6 is 0 Å². The Morgan fingerprint density at radius 3 is 2.47 bits per heavy atom. The molecule has 0 aromatic heterocycles. The molecular weight excluding hydrogens is 241 g/mol. The maximum Gasteiger partial charge on any atom is 0.193 e. The fourth-order valence-electron chi connectivity index (χ4n) is 1.80. The van der Waals surface area contributed by atoms with Crippen LogP contribution in [0.15, 0.2) is 29.3 Å². The van der Waals surface area contributed by atoms with Gasteiger partial charge in [0.1, 0.15) is 5.82 Å². The van der Waals surface area contributed by atoms with Crippen LogP contribution in [0.25, 0.3) is 0 Å². The number of nitrogens with one attached hydrogen (secondary N) is 1. The van der Waals surface area contributed by atoms with E-state index in [0.717, 1.165) is 24.5 Å². The van der Waals surface area contributed by atoms with E-state index in [-0.39, 0.29) is 5.82 Å². The van der Waals surface area contributed by atoms with Gasteiger partial charge in [-0.3, -0.25) is 4.99 Å². The van der Waals surface area contributed by atoms with E-state index in [1.165, 1.54) is 12.1 Å². The lowest BCUT2D eigenvalue weighted by molar-refractivity contribution is 0.468. The van der Waals surface area contributed by atoms with Crippen molar-refractivity contribution in [3.05, 3.63) is 35.6 Å². The molecule has 0 aliphatic carbocycles. The average molecular weight is 265 g/mol. The third kappa shape index (κ3) is 5.73. The predicted molar refractivity (Wildman–Crippen MR) is 78.7 cm³/mol. The molecule has 0 radical (unpaired) electrons. The predicted octanol–water partition coefficient (Wildman–Crippen LogP) is 2.88. The summed E-state index contributed by atoms with van der Waals surface area (Å²) in [5, 5.41) is 3.33. The molecule has 1 aromatic carbocycles. The lowest BCUT2D eigenvalue weighted by Gasteiger charge is -2.22. The van der Waals surface area contributed by atoms with Crippen molar-refractivity contribution < 1.29 is 4.39 Å². The quantitative estimate of drug-likeness (QED) is 0.655. The molecule has 0 unspecified atom stereocenters. The van der Waals surface area contributed by atoms with Gasteiger partial charge in [0.15, 0.2) is 5.96 Å². The summed E-state index contributed by atoms with van der Waals surface area (Å²) in [5.74, 6) is 1.34. The van der Waals surface area contributed by atoms with Crippen LogP contribution in [0, 0.1) is 11.7 Å². The van der Waals surface area contributed by atoms with Crippen LogP contribution in [0.2, 0.25) is 0 Å². The molecule has 0 amide bonds. The summed E-state index contributed by atoms with van der Waals surface area (Å²) in [5.41, 5.74) is 1.07. The van der Waals surface area contributed by atoms with Gasteiger partial charge < -0.3 is 10.2 Å². The molecule has 0 heterocycles. The van der Waals surface area contributed by atoms with Crippen molar-refractivity contribution in [2.24, 2.45) is 10.9 Å². The number of rotatable bonds is 5. The van der Waals surface area contributed by atoms with E-state index in [0.29, 0.717) is 12.5 Å².